The summed E-state index contributed by atoms with van der Waals surface area (Å²) in [6, 6.07) is 5.03. The second-order valence-corrected chi connectivity index (χ2v) is 4.43. The number of methoxy groups -OCH3 is 1. The van der Waals surface area contributed by atoms with E-state index >= 15 is 0 Å². The summed E-state index contributed by atoms with van der Waals surface area (Å²) in [5.74, 6) is 0. The molecule has 1 unspecified atom stereocenters. The summed E-state index contributed by atoms with van der Waals surface area (Å²) in [6.07, 6.45) is -4.45. The summed E-state index contributed by atoms with van der Waals surface area (Å²) >= 11 is 0. The van der Waals surface area contributed by atoms with Gasteiger partial charge in [0.15, 0.2) is 0 Å². The highest BCUT2D eigenvalue weighted by Crippen LogP contribution is 2.33. The maximum Gasteiger partial charge on any atom is 0.416 e. The highest BCUT2D eigenvalue weighted by molar-refractivity contribution is 5.61. The van der Waals surface area contributed by atoms with Gasteiger partial charge in [-0.1, -0.05) is 0 Å². The van der Waals surface area contributed by atoms with E-state index in [0.29, 0.717) is 18.8 Å². The molecule has 0 aliphatic heterocycles. The lowest BCUT2D eigenvalue weighted by Crippen LogP contribution is -2.36. The van der Waals surface area contributed by atoms with Crippen molar-refractivity contribution in [2.75, 3.05) is 25.2 Å². The lowest BCUT2D eigenvalue weighted by molar-refractivity contribution is -0.137. The normalized spacial score (nSPS) is 12.8. The van der Waals surface area contributed by atoms with Crippen LogP contribution >= 0.6 is 0 Å². The number of alkyl halides is 3. The van der Waals surface area contributed by atoms with E-state index in [2.05, 4.69) is 0 Å². The number of hydrogen-bond acceptors (Lipinski definition) is 3. The van der Waals surface area contributed by atoms with Gasteiger partial charge in [-0.3, -0.25) is 0 Å². The van der Waals surface area contributed by atoms with Crippen LogP contribution in [-0.2, 0) is 10.9 Å². The Hall–Kier alpha value is -1.74. The molecule has 110 valence electrons. The Morgan fingerprint density at radius 2 is 2.05 bits per heavy atom. The molecular weight excluding hydrogens is 269 g/mol. The first-order chi connectivity index (χ1) is 9.35. The Balaban J connectivity index is 3.21. The van der Waals surface area contributed by atoms with Crippen LogP contribution in [0.2, 0.25) is 0 Å². The van der Waals surface area contributed by atoms with Crippen LogP contribution in [0.4, 0.5) is 18.9 Å². The molecular formula is C14H17F3N2O. The third-order valence-corrected chi connectivity index (χ3v) is 3.03. The van der Waals surface area contributed by atoms with Crippen molar-refractivity contribution in [3.8, 4) is 6.07 Å². The van der Waals surface area contributed by atoms with Crippen molar-refractivity contribution in [1.82, 2.24) is 0 Å². The van der Waals surface area contributed by atoms with E-state index in [4.69, 9.17) is 10.00 Å². The summed E-state index contributed by atoms with van der Waals surface area (Å²) in [6.45, 7) is 4.78. The van der Waals surface area contributed by atoms with Crippen molar-refractivity contribution in [3.05, 3.63) is 29.3 Å². The second-order valence-electron chi connectivity index (χ2n) is 4.43. The van der Waals surface area contributed by atoms with Crippen molar-refractivity contribution in [1.29, 1.82) is 5.26 Å². The van der Waals surface area contributed by atoms with Crippen molar-refractivity contribution in [2.24, 2.45) is 0 Å². The molecule has 0 bridgehead atoms. The van der Waals surface area contributed by atoms with Crippen molar-refractivity contribution in [2.45, 2.75) is 26.1 Å². The smallest absolute Gasteiger partial charge is 0.383 e. The van der Waals surface area contributed by atoms with Crippen LogP contribution in [-0.4, -0.2) is 26.3 Å². The van der Waals surface area contributed by atoms with E-state index in [1.807, 2.05) is 24.8 Å². The van der Waals surface area contributed by atoms with Crippen molar-refractivity contribution < 1.29 is 17.9 Å². The molecule has 0 aliphatic rings. The first-order valence-corrected chi connectivity index (χ1v) is 6.22. The molecule has 1 aromatic carbocycles. The van der Waals surface area contributed by atoms with Crippen LogP contribution in [0, 0.1) is 11.3 Å². The number of nitrogens with zero attached hydrogens (tertiary/aromatic N) is 2. The van der Waals surface area contributed by atoms with E-state index in [9.17, 15) is 13.2 Å². The molecule has 0 aliphatic carbocycles. The molecule has 20 heavy (non-hydrogen) atoms. The maximum absolute atomic E-state index is 12.7. The average Bonchev–Trinajstić information content (AvgIpc) is 2.39. The van der Waals surface area contributed by atoms with Gasteiger partial charge in [0.05, 0.1) is 23.4 Å². The number of likely N-dealkylation sites (N-methyl/N-ethyl adjacent to an activating group) is 1. The minimum Gasteiger partial charge on any atom is -0.383 e. The SMILES string of the molecule is CCN(c1ccc(C(F)(F)F)cc1C#N)C(C)COC. The largest absolute Gasteiger partial charge is 0.416 e. The molecule has 0 heterocycles. The topological polar surface area (TPSA) is 36.3 Å². The van der Waals surface area contributed by atoms with E-state index in [1.165, 1.54) is 6.07 Å². The number of benzene rings is 1. The molecule has 1 rings (SSSR count). The summed E-state index contributed by atoms with van der Waals surface area (Å²) in [5, 5.41) is 9.09. The molecule has 1 atom stereocenters. The monoisotopic (exact) mass is 286 g/mol. The van der Waals surface area contributed by atoms with Gasteiger partial charge in [0.25, 0.3) is 0 Å². The van der Waals surface area contributed by atoms with Crippen LogP contribution < -0.4 is 4.90 Å². The summed E-state index contributed by atoms with van der Waals surface area (Å²) in [7, 11) is 1.56. The molecule has 3 nitrogen and oxygen atoms in total. The Morgan fingerprint density at radius 3 is 2.50 bits per heavy atom. The molecule has 0 aromatic heterocycles. The van der Waals surface area contributed by atoms with E-state index in [-0.39, 0.29) is 11.6 Å². The van der Waals surface area contributed by atoms with Gasteiger partial charge < -0.3 is 9.64 Å². The quantitative estimate of drug-likeness (QED) is 0.832. The molecule has 0 spiro atoms. The number of ether oxygens (including phenoxy) is 1. The fourth-order valence-corrected chi connectivity index (χ4v) is 2.10. The van der Waals surface area contributed by atoms with E-state index in [1.54, 1.807) is 7.11 Å². The van der Waals surface area contributed by atoms with Crippen molar-refractivity contribution in [3.63, 3.8) is 0 Å². The minimum atomic E-state index is -4.45. The van der Waals surface area contributed by atoms with Gasteiger partial charge >= 0.3 is 6.18 Å². The lowest BCUT2D eigenvalue weighted by Gasteiger charge is -2.30. The van der Waals surface area contributed by atoms with Crippen LogP contribution in [0.25, 0.3) is 0 Å². The zero-order valence-electron chi connectivity index (χ0n) is 11.7. The zero-order valence-corrected chi connectivity index (χ0v) is 11.7. The third-order valence-electron chi connectivity index (χ3n) is 3.03. The molecule has 1 aromatic rings. The van der Waals surface area contributed by atoms with Gasteiger partial charge in [-0.05, 0) is 32.0 Å². The van der Waals surface area contributed by atoms with Gasteiger partial charge in [0.1, 0.15) is 6.07 Å². The summed E-state index contributed by atoms with van der Waals surface area (Å²) < 4.78 is 43.0. The van der Waals surface area contributed by atoms with Crippen LogP contribution in [0.1, 0.15) is 25.0 Å². The highest BCUT2D eigenvalue weighted by atomic mass is 19.4. The Labute approximate surface area is 116 Å². The van der Waals surface area contributed by atoms with Gasteiger partial charge in [0, 0.05) is 19.7 Å². The first kappa shape index (κ1) is 16.3. The van der Waals surface area contributed by atoms with Gasteiger partial charge in [-0.2, -0.15) is 18.4 Å². The van der Waals surface area contributed by atoms with E-state index < -0.39 is 11.7 Å². The van der Waals surface area contributed by atoms with Gasteiger partial charge in [0.2, 0.25) is 0 Å². The molecule has 0 N–H and O–H groups in total. The fourth-order valence-electron chi connectivity index (χ4n) is 2.10. The number of nitriles is 1. The Kier molecular flexibility index (Phi) is 5.40. The molecule has 0 amide bonds. The van der Waals surface area contributed by atoms with Crippen LogP contribution in [0.3, 0.4) is 0 Å². The third kappa shape index (κ3) is 3.64. The molecule has 0 saturated carbocycles. The first-order valence-electron chi connectivity index (χ1n) is 6.22. The van der Waals surface area contributed by atoms with Crippen molar-refractivity contribution >= 4 is 5.69 Å². The standard InChI is InChI=1S/C14H17F3N2O/c1-4-19(10(2)9-20-3)13-6-5-12(14(15,16)17)7-11(13)8-18/h5-7,10H,4,9H2,1-3H3. The number of halogens is 3. The molecule has 0 fully saturated rings. The molecule has 0 saturated heterocycles. The molecule has 0 radical (unpaired) electrons. The highest BCUT2D eigenvalue weighted by Gasteiger charge is 2.31. The lowest BCUT2D eigenvalue weighted by atomic mass is 10.1. The Morgan fingerprint density at radius 1 is 1.40 bits per heavy atom. The predicted octanol–water partition coefficient (Wildman–Crippen LogP) is 3.44. The van der Waals surface area contributed by atoms with Crippen LogP contribution in [0.15, 0.2) is 18.2 Å². The van der Waals surface area contributed by atoms with Crippen LogP contribution in [0.5, 0.6) is 0 Å². The Bertz CT molecular complexity index is 494. The maximum atomic E-state index is 12.7. The van der Waals surface area contributed by atoms with Gasteiger partial charge in [-0.15, -0.1) is 0 Å². The second kappa shape index (κ2) is 6.62. The summed E-state index contributed by atoms with van der Waals surface area (Å²) in [4.78, 5) is 1.85. The van der Waals surface area contributed by atoms with E-state index in [0.717, 1.165) is 12.1 Å². The number of hydrogen-bond donors (Lipinski definition) is 0. The number of anilines is 1. The fraction of sp³-hybridized carbons (Fsp3) is 0.500. The molecule has 6 heteroatoms. The number of rotatable bonds is 5. The van der Waals surface area contributed by atoms with Gasteiger partial charge in [-0.25, -0.2) is 0 Å². The minimum absolute atomic E-state index is 0.0182. The predicted molar refractivity (Wildman–Crippen MR) is 70.5 cm³/mol. The average molecular weight is 286 g/mol. The summed E-state index contributed by atoms with van der Waals surface area (Å²) in [5.41, 5.74) is -0.301. The zero-order chi connectivity index (χ0) is 15.3.